The van der Waals surface area contributed by atoms with Gasteiger partial charge in [0, 0.05) is 44.0 Å². The molecular weight excluding hydrogens is 308 g/mol. The first kappa shape index (κ1) is 15.0. The van der Waals surface area contributed by atoms with Crippen LogP contribution in [0, 0.1) is 5.92 Å². The maximum atomic E-state index is 4.74. The van der Waals surface area contributed by atoms with E-state index in [0.717, 1.165) is 41.4 Å². The van der Waals surface area contributed by atoms with Crippen LogP contribution in [0.4, 0.5) is 5.69 Å². The van der Waals surface area contributed by atoms with Crippen molar-refractivity contribution in [2.75, 3.05) is 37.6 Å². The zero-order valence-electron chi connectivity index (χ0n) is 14.5. The molecule has 25 heavy (non-hydrogen) atoms. The van der Waals surface area contributed by atoms with Crippen LogP contribution in [0.25, 0.3) is 22.4 Å². The van der Waals surface area contributed by atoms with Crippen LogP contribution in [0.1, 0.15) is 12.8 Å². The van der Waals surface area contributed by atoms with E-state index in [1.807, 2.05) is 12.1 Å². The SMILES string of the molecule is c1cc(-c2nc3ccccc3[nH]2)cc(N2CCN(CC3CC3)CC2)c1. The van der Waals surface area contributed by atoms with E-state index in [1.54, 1.807) is 0 Å². The van der Waals surface area contributed by atoms with Crippen LogP contribution in [0.5, 0.6) is 0 Å². The lowest BCUT2D eigenvalue weighted by atomic mass is 10.1. The van der Waals surface area contributed by atoms with Crippen LogP contribution >= 0.6 is 0 Å². The fourth-order valence-electron chi connectivity index (χ4n) is 3.79. The normalized spacial score (nSPS) is 18.8. The van der Waals surface area contributed by atoms with Crippen molar-refractivity contribution in [1.82, 2.24) is 14.9 Å². The van der Waals surface area contributed by atoms with Gasteiger partial charge in [-0.1, -0.05) is 24.3 Å². The van der Waals surface area contributed by atoms with Gasteiger partial charge in [-0.2, -0.15) is 0 Å². The molecule has 0 amide bonds. The molecule has 4 heteroatoms. The lowest BCUT2D eigenvalue weighted by Gasteiger charge is -2.36. The van der Waals surface area contributed by atoms with E-state index in [0.29, 0.717) is 0 Å². The van der Waals surface area contributed by atoms with Crippen molar-refractivity contribution < 1.29 is 0 Å². The predicted octanol–water partition coefficient (Wildman–Crippen LogP) is 3.76. The van der Waals surface area contributed by atoms with Crippen molar-refractivity contribution in [3.63, 3.8) is 0 Å². The van der Waals surface area contributed by atoms with Gasteiger partial charge in [-0.05, 0) is 43.0 Å². The van der Waals surface area contributed by atoms with E-state index in [1.165, 1.54) is 38.2 Å². The smallest absolute Gasteiger partial charge is 0.138 e. The van der Waals surface area contributed by atoms with E-state index >= 15 is 0 Å². The number of anilines is 1. The molecule has 2 aromatic carbocycles. The summed E-state index contributed by atoms with van der Waals surface area (Å²) in [6, 6.07) is 17.0. The Morgan fingerprint density at radius 2 is 1.80 bits per heavy atom. The minimum atomic E-state index is 0.954. The number of aromatic nitrogens is 2. The highest BCUT2D eigenvalue weighted by atomic mass is 15.3. The van der Waals surface area contributed by atoms with Gasteiger partial charge in [-0.3, -0.25) is 4.90 Å². The van der Waals surface area contributed by atoms with Gasteiger partial charge in [-0.25, -0.2) is 4.98 Å². The highest BCUT2D eigenvalue weighted by molar-refractivity contribution is 5.79. The lowest BCUT2D eigenvalue weighted by Crippen LogP contribution is -2.47. The van der Waals surface area contributed by atoms with Crippen LogP contribution in [0.15, 0.2) is 48.5 Å². The van der Waals surface area contributed by atoms with Gasteiger partial charge in [0.25, 0.3) is 0 Å². The third-order valence-electron chi connectivity index (χ3n) is 5.46. The van der Waals surface area contributed by atoms with E-state index in [4.69, 9.17) is 4.98 Å². The second kappa shape index (κ2) is 6.19. The first-order chi connectivity index (χ1) is 12.3. The third-order valence-corrected chi connectivity index (χ3v) is 5.46. The van der Waals surface area contributed by atoms with Crippen molar-refractivity contribution in [2.45, 2.75) is 12.8 Å². The number of para-hydroxylation sites is 2. The van der Waals surface area contributed by atoms with E-state index in [9.17, 15) is 0 Å². The minimum absolute atomic E-state index is 0.954. The number of fused-ring (bicyclic) bond motifs is 1. The Morgan fingerprint density at radius 3 is 2.60 bits per heavy atom. The Kier molecular flexibility index (Phi) is 3.71. The summed E-state index contributed by atoms with van der Waals surface area (Å²) in [5.41, 5.74) is 4.59. The highest BCUT2D eigenvalue weighted by Gasteiger charge is 2.26. The van der Waals surface area contributed by atoms with Crippen LogP contribution in [0.2, 0.25) is 0 Å². The quantitative estimate of drug-likeness (QED) is 0.790. The lowest BCUT2D eigenvalue weighted by molar-refractivity contribution is 0.248. The average molecular weight is 332 g/mol. The topological polar surface area (TPSA) is 35.2 Å². The molecule has 5 rings (SSSR count). The monoisotopic (exact) mass is 332 g/mol. The molecule has 2 heterocycles. The van der Waals surface area contributed by atoms with Crippen LogP contribution in [-0.2, 0) is 0 Å². The summed E-state index contributed by atoms with van der Waals surface area (Å²) in [6.07, 6.45) is 2.89. The summed E-state index contributed by atoms with van der Waals surface area (Å²) >= 11 is 0. The van der Waals surface area contributed by atoms with Crippen LogP contribution in [-0.4, -0.2) is 47.6 Å². The molecule has 1 aliphatic carbocycles. The predicted molar refractivity (Wildman–Crippen MR) is 103 cm³/mol. The van der Waals surface area contributed by atoms with Gasteiger partial charge >= 0.3 is 0 Å². The number of imidazole rings is 1. The first-order valence-corrected chi connectivity index (χ1v) is 9.38. The van der Waals surface area contributed by atoms with Crippen molar-refractivity contribution in [1.29, 1.82) is 0 Å². The Balaban J connectivity index is 1.34. The van der Waals surface area contributed by atoms with Gasteiger partial charge in [0.2, 0.25) is 0 Å². The van der Waals surface area contributed by atoms with Gasteiger partial charge < -0.3 is 9.88 Å². The summed E-state index contributed by atoms with van der Waals surface area (Å²) < 4.78 is 0. The van der Waals surface area contributed by atoms with E-state index < -0.39 is 0 Å². The fraction of sp³-hybridized carbons (Fsp3) is 0.381. The Hall–Kier alpha value is -2.33. The molecule has 4 nitrogen and oxygen atoms in total. The number of rotatable bonds is 4. The van der Waals surface area contributed by atoms with Gasteiger partial charge in [0.1, 0.15) is 5.82 Å². The molecule has 2 fully saturated rings. The molecule has 0 bridgehead atoms. The zero-order chi connectivity index (χ0) is 16.6. The zero-order valence-corrected chi connectivity index (χ0v) is 14.5. The van der Waals surface area contributed by atoms with Gasteiger partial charge in [-0.15, -0.1) is 0 Å². The number of nitrogens with one attached hydrogen (secondary N) is 1. The second-order valence-corrected chi connectivity index (χ2v) is 7.38. The molecule has 3 aromatic rings. The van der Waals surface area contributed by atoms with E-state index in [-0.39, 0.29) is 0 Å². The molecule has 0 radical (unpaired) electrons. The number of benzene rings is 2. The molecule has 1 N–H and O–H groups in total. The molecule has 0 spiro atoms. The van der Waals surface area contributed by atoms with Gasteiger partial charge in [0.05, 0.1) is 11.0 Å². The summed E-state index contributed by atoms with van der Waals surface area (Å²) in [4.78, 5) is 13.3. The molecule has 0 atom stereocenters. The molecule has 1 saturated carbocycles. The number of hydrogen-bond acceptors (Lipinski definition) is 3. The number of piperazine rings is 1. The highest BCUT2D eigenvalue weighted by Crippen LogP contribution is 2.30. The van der Waals surface area contributed by atoms with Crippen LogP contribution < -0.4 is 4.90 Å². The number of hydrogen-bond donors (Lipinski definition) is 1. The van der Waals surface area contributed by atoms with Crippen molar-refractivity contribution in [3.05, 3.63) is 48.5 Å². The number of H-pyrrole nitrogens is 1. The largest absolute Gasteiger partial charge is 0.369 e. The average Bonchev–Trinajstić information content (AvgIpc) is 3.37. The van der Waals surface area contributed by atoms with Gasteiger partial charge in [0.15, 0.2) is 0 Å². The maximum absolute atomic E-state index is 4.74. The Morgan fingerprint density at radius 1 is 0.960 bits per heavy atom. The minimum Gasteiger partial charge on any atom is -0.369 e. The Labute approximate surface area is 148 Å². The number of nitrogens with zero attached hydrogens (tertiary/aromatic N) is 3. The van der Waals surface area contributed by atoms with Crippen molar-refractivity contribution in [2.24, 2.45) is 5.92 Å². The number of aromatic amines is 1. The maximum Gasteiger partial charge on any atom is 0.138 e. The second-order valence-electron chi connectivity index (χ2n) is 7.38. The van der Waals surface area contributed by atoms with Crippen molar-refractivity contribution >= 4 is 16.7 Å². The summed E-state index contributed by atoms with van der Waals surface area (Å²) in [6.45, 7) is 5.93. The summed E-state index contributed by atoms with van der Waals surface area (Å²) in [7, 11) is 0. The molecule has 1 aliphatic heterocycles. The molecule has 128 valence electrons. The molecule has 0 unspecified atom stereocenters. The summed E-state index contributed by atoms with van der Waals surface area (Å²) in [5.74, 6) is 1.94. The summed E-state index contributed by atoms with van der Waals surface area (Å²) in [5, 5.41) is 0. The molecule has 1 aromatic heterocycles. The fourth-order valence-corrected chi connectivity index (χ4v) is 3.79. The van der Waals surface area contributed by atoms with Crippen molar-refractivity contribution in [3.8, 4) is 11.4 Å². The van der Waals surface area contributed by atoms with E-state index in [2.05, 4.69) is 51.2 Å². The molecule has 1 saturated heterocycles. The first-order valence-electron chi connectivity index (χ1n) is 9.38. The van der Waals surface area contributed by atoms with Crippen LogP contribution in [0.3, 0.4) is 0 Å². The Bertz CT molecular complexity index is 839. The molecule has 2 aliphatic rings. The molecular formula is C21H24N4. The third kappa shape index (κ3) is 3.14. The standard InChI is InChI=1S/C21H24N4/c1-2-7-20-19(6-1)22-21(23-20)17-4-3-5-18(14-17)25-12-10-24(11-13-25)15-16-8-9-16/h1-7,14,16H,8-13,15H2,(H,22,23).